The van der Waals surface area contributed by atoms with Gasteiger partial charge in [-0.3, -0.25) is 9.78 Å². The number of aryl methyl sites for hydroxylation is 1. The first-order valence-electron chi connectivity index (χ1n) is 4.87. The maximum Gasteiger partial charge on any atom is 0.252 e. The third-order valence-electron chi connectivity index (χ3n) is 2.07. The number of rotatable bonds is 3. The predicted octanol–water partition coefficient (Wildman–Crippen LogP) is 1.53. The maximum atomic E-state index is 11.7. The Morgan fingerprint density at radius 3 is 3.00 bits per heavy atom. The minimum Gasteiger partial charge on any atom is -0.338 e. The van der Waals surface area contributed by atoms with Gasteiger partial charge in [0.15, 0.2) is 0 Å². The number of terminal acetylenes is 1. The van der Waals surface area contributed by atoms with Crippen LogP contribution in [0.1, 0.15) is 29.4 Å². The minimum absolute atomic E-state index is 0.148. The average molecular weight is 202 g/mol. The molecule has 1 N–H and O–H groups in total. The monoisotopic (exact) mass is 202 g/mol. The molecule has 78 valence electrons. The van der Waals surface area contributed by atoms with Gasteiger partial charge in [-0.1, -0.05) is 12.8 Å². The van der Waals surface area contributed by atoms with Crippen LogP contribution >= 0.6 is 0 Å². The zero-order valence-corrected chi connectivity index (χ0v) is 8.95. The van der Waals surface area contributed by atoms with Crippen molar-refractivity contribution < 1.29 is 4.79 Å². The number of aromatic nitrogens is 1. The Morgan fingerprint density at radius 2 is 2.47 bits per heavy atom. The number of nitrogens with zero attached hydrogens (tertiary/aromatic N) is 1. The van der Waals surface area contributed by atoms with Crippen molar-refractivity contribution in [2.75, 3.05) is 0 Å². The van der Waals surface area contributed by atoms with Crippen molar-refractivity contribution in [2.45, 2.75) is 26.3 Å². The number of carbonyl (C=O) groups is 1. The molecule has 0 saturated heterocycles. The fourth-order valence-corrected chi connectivity index (χ4v) is 1.19. The molecule has 3 nitrogen and oxygen atoms in total. The summed E-state index contributed by atoms with van der Waals surface area (Å²) < 4.78 is 0. The zero-order chi connectivity index (χ0) is 11.3. The van der Waals surface area contributed by atoms with Crippen LogP contribution in [0.2, 0.25) is 0 Å². The molecule has 3 heteroatoms. The molecule has 0 spiro atoms. The van der Waals surface area contributed by atoms with Gasteiger partial charge >= 0.3 is 0 Å². The van der Waals surface area contributed by atoms with Crippen LogP contribution in [0, 0.1) is 19.3 Å². The van der Waals surface area contributed by atoms with Crippen LogP contribution in [0.3, 0.4) is 0 Å². The molecule has 1 unspecified atom stereocenters. The molecule has 1 aromatic rings. The van der Waals surface area contributed by atoms with Crippen LogP contribution in [0.25, 0.3) is 0 Å². The lowest BCUT2D eigenvalue weighted by atomic mass is 10.2. The SMILES string of the molecule is C#CC(CC)NC(=O)c1ccnc(C)c1. The summed E-state index contributed by atoms with van der Waals surface area (Å²) in [4.78, 5) is 15.7. The van der Waals surface area contributed by atoms with Crippen molar-refractivity contribution in [3.8, 4) is 12.3 Å². The smallest absolute Gasteiger partial charge is 0.252 e. The molecule has 0 radical (unpaired) electrons. The fourth-order valence-electron chi connectivity index (χ4n) is 1.19. The topological polar surface area (TPSA) is 42.0 Å². The van der Waals surface area contributed by atoms with Gasteiger partial charge in [-0.2, -0.15) is 0 Å². The lowest BCUT2D eigenvalue weighted by molar-refractivity contribution is 0.0945. The van der Waals surface area contributed by atoms with E-state index < -0.39 is 0 Å². The molecule has 1 atom stereocenters. The molecule has 1 rings (SSSR count). The molecule has 15 heavy (non-hydrogen) atoms. The first kappa shape index (κ1) is 11.3. The molecular weight excluding hydrogens is 188 g/mol. The lowest BCUT2D eigenvalue weighted by Crippen LogP contribution is -2.33. The number of hydrogen-bond donors (Lipinski definition) is 1. The van der Waals surface area contributed by atoms with E-state index in [4.69, 9.17) is 6.42 Å². The quantitative estimate of drug-likeness (QED) is 0.755. The van der Waals surface area contributed by atoms with Gasteiger partial charge in [-0.25, -0.2) is 0 Å². The van der Waals surface area contributed by atoms with Crippen LogP contribution < -0.4 is 5.32 Å². The van der Waals surface area contributed by atoms with E-state index in [2.05, 4.69) is 16.2 Å². The summed E-state index contributed by atoms with van der Waals surface area (Å²) in [7, 11) is 0. The normalized spacial score (nSPS) is 11.5. The minimum atomic E-state index is -0.203. The molecule has 1 aromatic heterocycles. The van der Waals surface area contributed by atoms with Gasteiger partial charge in [0.1, 0.15) is 0 Å². The van der Waals surface area contributed by atoms with E-state index in [0.717, 1.165) is 12.1 Å². The Balaban J connectivity index is 2.74. The van der Waals surface area contributed by atoms with Crippen molar-refractivity contribution >= 4 is 5.91 Å². The van der Waals surface area contributed by atoms with E-state index in [-0.39, 0.29) is 11.9 Å². The van der Waals surface area contributed by atoms with Crippen molar-refractivity contribution in [3.05, 3.63) is 29.6 Å². The van der Waals surface area contributed by atoms with Gasteiger partial charge in [-0.15, -0.1) is 6.42 Å². The molecule has 0 fully saturated rings. The van der Waals surface area contributed by atoms with Crippen molar-refractivity contribution in [1.29, 1.82) is 0 Å². The van der Waals surface area contributed by atoms with E-state index in [0.29, 0.717) is 5.56 Å². The Labute approximate surface area is 89.9 Å². The molecular formula is C12H14N2O. The van der Waals surface area contributed by atoms with Gasteiger partial charge < -0.3 is 5.32 Å². The van der Waals surface area contributed by atoms with E-state index in [1.165, 1.54) is 0 Å². The number of carbonyl (C=O) groups excluding carboxylic acids is 1. The van der Waals surface area contributed by atoms with Crippen LogP contribution in [0.5, 0.6) is 0 Å². The van der Waals surface area contributed by atoms with Crippen LogP contribution in [-0.2, 0) is 0 Å². The molecule has 1 amide bonds. The van der Waals surface area contributed by atoms with Crippen LogP contribution in [0.15, 0.2) is 18.3 Å². The van der Waals surface area contributed by atoms with Gasteiger partial charge in [0.2, 0.25) is 0 Å². The van der Waals surface area contributed by atoms with E-state index >= 15 is 0 Å². The Bertz CT molecular complexity index is 393. The summed E-state index contributed by atoms with van der Waals surface area (Å²) >= 11 is 0. The Hall–Kier alpha value is -1.82. The third kappa shape index (κ3) is 3.10. The zero-order valence-electron chi connectivity index (χ0n) is 8.95. The molecule has 0 saturated carbocycles. The second-order valence-corrected chi connectivity index (χ2v) is 3.29. The summed E-state index contributed by atoms with van der Waals surface area (Å²) in [5, 5.41) is 2.76. The molecule has 1 heterocycles. The second kappa shape index (κ2) is 5.16. The lowest BCUT2D eigenvalue weighted by Gasteiger charge is -2.10. The second-order valence-electron chi connectivity index (χ2n) is 3.29. The number of nitrogens with one attached hydrogen (secondary N) is 1. The third-order valence-corrected chi connectivity index (χ3v) is 2.07. The molecule has 0 aliphatic heterocycles. The molecule has 0 aromatic carbocycles. The largest absolute Gasteiger partial charge is 0.338 e. The molecule has 0 aliphatic rings. The standard InChI is InChI=1S/C12H14N2O/c1-4-11(5-2)14-12(15)10-6-7-13-9(3)8-10/h1,6-8,11H,5H2,2-3H3,(H,14,15). The number of amides is 1. The highest BCUT2D eigenvalue weighted by atomic mass is 16.1. The summed E-state index contributed by atoms with van der Waals surface area (Å²) in [6, 6.07) is 3.20. The Morgan fingerprint density at radius 1 is 1.73 bits per heavy atom. The van der Waals surface area contributed by atoms with Crippen molar-refractivity contribution in [1.82, 2.24) is 10.3 Å². The fraction of sp³-hybridized carbons (Fsp3) is 0.333. The maximum absolute atomic E-state index is 11.7. The van der Waals surface area contributed by atoms with Crippen molar-refractivity contribution in [2.24, 2.45) is 0 Å². The molecule has 0 aliphatic carbocycles. The summed E-state index contributed by atoms with van der Waals surface area (Å²) in [5.74, 6) is 2.37. The van der Waals surface area contributed by atoms with Crippen LogP contribution in [0.4, 0.5) is 0 Å². The molecule has 0 bridgehead atoms. The van der Waals surface area contributed by atoms with Gasteiger partial charge in [0, 0.05) is 17.5 Å². The summed E-state index contributed by atoms with van der Waals surface area (Å²) in [5.41, 5.74) is 1.41. The van der Waals surface area contributed by atoms with Gasteiger partial charge in [0.25, 0.3) is 5.91 Å². The van der Waals surface area contributed by atoms with Crippen LogP contribution in [-0.4, -0.2) is 16.9 Å². The average Bonchev–Trinajstić information content (AvgIpc) is 2.25. The van der Waals surface area contributed by atoms with Gasteiger partial charge in [0.05, 0.1) is 6.04 Å². The Kier molecular flexibility index (Phi) is 3.87. The van der Waals surface area contributed by atoms with Crippen molar-refractivity contribution in [3.63, 3.8) is 0 Å². The van der Waals surface area contributed by atoms with E-state index in [1.807, 2.05) is 13.8 Å². The highest BCUT2D eigenvalue weighted by Gasteiger charge is 2.09. The van der Waals surface area contributed by atoms with E-state index in [9.17, 15) is 4.79 Å². The first-order chi connectivity index (χ1) is 7.17. The number of pyridine rings is 1. The predicted molar refractivity (Wildman–Crippen MR) is 59.4 cm³/mol. The highest BCUT2D eigenvalue weighted by molar-refractivity contribution is 5.94. The van der Waals surface area contributed by atoms with E-state index in [1.54, 1.807) is 18.3 Å². The number of hydrogen-bond acceptors (Lipinski definition) is 2. The highest BCUT2D eigenvalue weighted by Crippen LogP contribution is 2.01. The van der Waals surface area contributed by atoms with Gasteiger partial charge in [-0.05, 0) is 25.5 Å². The summed E-state index contributed by atoms with van der Waals surface area (Å²) in [6.45, 7) is 3.78. The summed E-state index contributed by atoms with van der Waals surface area (Å²) in [6.07, 6.45) is 7.60. The first-order valence-corrected chi connectivity index (χ1v) is 4.87.